The van der Waals surface area contributed by atoms with Gasteiger partial charge < -0.3 is 20.5 Å². The van der Waals surface area contributed by atoms with Crippen LogP contribution >= 0.6 is 0 Å². The third-order valence-electron chi connectivity index (χ3n) is 2.44. The summed E-state index contributed by atoms with van der Waals surface area (Å²) in [4.78, 5) is 20.1. The van der Waals surface area contributed by atoms with Crippen molar-refractivity contribution in [2.45, 2.75) is 46.6 Å². The molecule has 0 atom stereocenters. The molecule has 1 heterocycles. The number of aliphatic imine (C=N–C) groups is 1. The van der Waals surface area contributed by atoms with Gasteiger partial charge in [0.05, 0.1) is 0 Å². The number of aromatic nitrogens is 2. The minimum absolute atomic E-state index is 0.0757. The molecule has 1 amide bonds. The number of carbonyl (C=O) groups is 1. The lowest BCUT2D eigenvalue weighted by Crippen LogP contribution is -2.43. The van der Waals surface area contributed by atoms with Gasteiger partial charge in [-0.3, -0.25) is 4.79 Å². The first kappa shape index (κ1) is 17.9. The maximum Gasteiger partial charge on any atom is 0.242 e. The number of nitrogens with zero attached hydrogens (tertiary/aromatic N) is 3. The van der Waals surface area contributed by atoms with Crippen LogP contribution in [0.3, 0.4) is 0 Å². The Kier molecular flexibility index (Phi) is 6.81. The summed E-state index contributed by atoms with van der Waals surface area (Å²) in [6.07, 6.45) is 0.597. The summed E-state index contributed by atoms with van der Waals surface area (Å²) in [7, 11) is 0. The van der Waals surface area contributed by atoms with E-state index >= 15 is 0 Å². The van der Waals surface area contributed by atoms with E-state index in [-0.39, 0.29) is 18.0 Å². The predicted molar refractivity (Wildman–Crippen MR) is 84.6 cm³/mol. The van der Waals surface area contributed by atoms with Crippen LogP contribution in [-0.4, -0.2) is 47.2 Å². The van der Waals surface area contributed by atoms with Crippen LogP contribution in [0.15, 0.2) is 9.52 Å². The molecule has 1 rings (SSSR count). The minimum atomic E-state index is -0.256. The van der Waals surface area contributed by atoms with Crippen molar-refractivity contribution in [1.82, 2.24) is 26.1 Å². The fourth-order valence-corrected chi connectivity index (χ4v) is 1.68. The number of hydrogen-bond acceptors (Lipinski definition) is 5. The van der Waals surface area contributed by atoms with E-state index in [0.717, 1.165) is 0 Å². The second-order valence-electron chi connectivity index (χ2n) is 5.91. The van der Waals surface area contributed by atoms with Crippen LogP contribution in [0.1, 0.15) is 39.4 Å². The van der Waals surface area contributed by atoms with E-state index in [4.69, 9.17) is 4.52 Å². The summed E-state index contributed by atoms with van der Waals surface area (Å²) in [5, 5.41) is 12.8. The lowest BCUT2D eigenvalue weighted by Gasteiger charge is -2.20. The van der Waals surface area contributed by atoms with E-state index in [1.807, 2.05) is 27.7 Å². The molecule has 0 saturated heterocycles. The molecule has 0 spiro atoms. The van der Waals surface area contributed by atoms with E-state index < -0.39 is 0 Å². The Labute approximate surface area is 131 Å². The van der Waals surface area contributed by atoms with Gasteiger partial charge in [0.2, 0.25) is 11.8 Å². The van der Waals surface area contributed by atoms with Crippen molar-refractivity contribution in [3.8, 4) is 0 Å². The van der Waals surface area contributed by atoms with Crippen LogP contribution in [0, 0.1) is 6.92 Å². The molecule has 8 nitrogen and oxygen atoms in total. The number of guanidine groups is 1. The van der Waals surface area contributed by atoms with Crippen LogP contribution in [0.4, 0.5) is 0 Å². The molecule has 0 aliphatic rings. The molecule has 0 saturated carbocycles. The van der Waals surface area contributed by atoms with Crippen LogP contribution in [0.5, 0.6) is 0 Å². The molecule has 8 heteroatoms. The molecule has 3 N–H and O–H groups in total. The van der Waals surface area contributed by atoms with Gasteiger partial charge in [0, 0.05) is 25.0 Å². The van der Waals surface area contributed by atoms with Crippen LogP contribution in [0.25, 0.3) is 0 Å². The summed E-state index contributed by atoms with van der Waals surface area (Å²) in [5.74, 6) is 1.67. The molecule has 0 aliphatic heterocycles. The van der Waals surface area contributed by atoms with E-state index in [1.165, 1.54) is 0 Å². The number of amides is 1. The monoisotopic (exact) mass is 310 g/mol. The highest BCUT2D eigenvalue weighted by molar-refractivity contribution is 5.85. The quantitative estimate of drug-likeness (QED) is 0.519. The Morgan fingerprint density at radius 3 is 2.59 bits per heavy atom. The Morgan fingerprint density at radius 2 is 2.05 bits per heavy atom. The van der Waals surface area contributed by atoms with Crippen LogP contribution in [-0.2, 0) is 11.2 Å². The fraction of sp³-hybridized carbons (Fsp3) is 0.714. The number of hydrogen-bond donors (Lipinski definition) is 3. The van der Waals surface area contributed by atoms with Gasteiger partial charge >= 0.3 is 0 Å². The van der Waals surface area contributed by atoms with Crippen molar-refractivity contribution >= 4 is 11.9 Å². The second kappa shape index (κ2) is 8.35. The first-order chi connectivity index (χ1) is 10.3. The van der Waals surface area contributed by atoms with Crippen molar-refractivity contribution in [3.63, 3.8) is 0 Å². The second-order valence-corrected chi connectivity index (χ2v) is 5.91. The molecule has 0 unspecified atom stereocenters. The Hall–Kier alpha value is -2.12. The average molecular weight is 310 g/mol. The zero-order chi connectivity index (χ0) is 16.6. The van der Waals surface area contributed by atoms with Gasteiger partial charge in [0.15, 0.2) is 11.8 Å². The molecule has 22 heavy (non-hydrogen) atoms. The van der Waals surface area contributed by atoms with Crippen LogP contribution < -0.4 is 16.0 Å². The molecular formula is C14H26N6O2. The third-order valence-corrected chi connectivity index (χ3v) is 2.44. The molecule has 1 aromatic rings. The molecule has 1 aromatic heterocycles. The summed E-state index contributed by atoms with van der Waals surface area (Å²) >= 11 is 0. The van der Waals surface area contributed by atoms with Crippen molar-refractivity contribution in [1.29, 1.82) is 0 Å². The van der Waals surface area contributed by atoms with Crippen molar-refractivity contribution in [2.75, 3.05) is 19.6 Å². The Morgan fingerprint density at radius 1 is 1.32 bits per heavy atom. The Balaban J connectivity index is 2.43. The summed E-state index contributed by atoms with van der Waals surface area (Å²) in [5.41, 5.74) is -0.256. The first-order valence-electron chi connectivity index (χ1n) is 7.42. The van der Waals surface area contributed by atoms with E-state index in [1.54, 1.807) is 6.92 Å². The van der Waals surface area contributed by atoms with Gasteiger partial charge in [-0.2, -0.15) is 4.98 Å². The zero-order valence-corrected chi connectivity index (χ0v) is 14.0. The normalized spacial score (nSPS) is 12.1. The average Bonchev–Trinajstić information content (AvgIpc) is 2.80. The summed E-state index contributed by atoms with van der Waals surface area (Å²) in [6, 6.07) is 0. The minimum Gasteiger partial charge on any atom is -0.357 e. The molecule has 0 bridgehead atoms. The molecular weight excluding hydrogens is 284 g/mol. The third kappa shape index (κ3) is 7.61. The lowest BCUT2D eigenvalue weighted by molar-refractivity contribution is -0.121. The molecule has 0 aliphatic carbocycles. The van der Waals surface area contributed by atoms with E-state index in [9.17, 15) is 4.79 Å². The summed E-state index contributed by atoms with van der Waals surface area (Å²) in [6.45, 7) is 10.9. The fourth-order valence-electron chi connectivity index (χ4n) is 1.68. The Bertz CT molecular complexity index is 504. The molecule has 124 valence electrons. The number of aryl methyl sites for hydroxylation is 1. The number of nitrogens with one attached hydrogen (secondary N) is 3. The number of carbonyl (C=O) groups excluding carboxylic acids is 1. The van der Waals surface area contributed by atoms with Gasteiger partial charge in [-0.05, 0) is 34.6 Å². The highest BCUT2D eigenvalue weighted by Gasteiger charge is 2.13. The maximum absolute atomic E-state index is 11.8. The van der Waals surface area contributed by atoms with E-state index in [2.05, 4.69) is 31.1 Å². The molecule has 0 radical (unpaired) electrons. The SMILES string of the molecule is CCNC(=NCC(=O)NC(C)(C)C)NCCc1nc(C)no1. The van der Waals surface area contributed by atoms with Gasteiger partial charge in [0.1, 0.15) is 6.54 Å². The standard InChI is InChI=1S/C14H26N6O2/c1-6-15-13(17-9-11(21)19-14(3,4)5)16-8-7-12-18-10(2)20-22-12/h6-9H2,1-5H3,(H,19,21)(H2,15,16,17). The number of rotatable bonds is 6. The van der Waals surface area contributed by atoms with Gasteiger partial charge in [0.25, 0.3) is 0 Å². The first-order valence-corrected chi connectivity index (χ1v) is 7.42. The van der Waals surface area contributed by atoms with E-state index in [0.29, 0.717) is 37.2 Å². The van der Waals surface area contributed by atoms with Gasteiger partial charge in [-0.1, -0.05) is 5.16 Å². The van der Waals surface area contributed by atoms with Gasteiger partial charge in [-0.15, -0.1) is 0 Å². The van der Waals surface area contributed by atoms with Crippen molar-refractivity contribution in [2.24, 2.45) is 4.99 Å². The highest BCUT2D eigenvalue weighted by atomic mass is 16.5. The predicted octanol–water partition coefficient (Wildman–Crippen LogP) is 0.390. The van der Waals surface area contributed by atoms with Crippen molar-refractivity contribution in [3.05, 3.63) is 11.7 Å². The van der Waals surface area contributed by atoms with Gasteiger partial charge in [-0.25, -0.2) is 4.99 Å². The lowest BCUT2D eigenvalue weighted by atomic mass is 10.1. The summed E-state index contributed by atoms with van der Waals surface area (Å²) < 4.78 is 5.03. The molecule has 0 aromatic carbocycles. The van der Waals surface area contributed by atoms with Crippen LogP contribution in [0.2, 0.25) is 0 Å². The highest BCUT2D eigenvalue weighted by Crippen LogP contribution is 1.98. The largest absolute Gasteiger partial charge is 0.357 e. The van der Waals surface area contributed by atoms with Crippen molar-refractivity contribution < 1.29 is 9.32 Å². The maximum atomic E-state index is 11.8. The zero-order valence-electron chi connectivity index (χ0n) is 14.0. The molecule has 0 fully saturated rings. The smallest absolute Gasteiger partial charge is 0.242 e. The topological polar surface area (TPSA) is 104 Å².